The zero-order valence-electron chi connectivity index (χ0n) is 9.71. The maximum atomic E-state index is 13.9. The largest absolute Gasteiger partial charge is 0.342 e. The van der Waals surface area contributed by atoms with Gasteiger partial charge in [-0.3, -0.25) is 4.79 Å². The van der Waals surface area contributed by atoms with Crippen LogP contribution in [0, 0.1) is 11.6 Å². The normalized spacial score (nSPS) is 16.3. The quantitative estimate of drug-likeness (QED) is 0.602. The first kappa shape index (κ1) is 12.2. The number of hydrogen-bond donors (Lipinski definition) is 4. The fraction of sp³-hybridized carbons (Fsp3) is 0.182. The molecule has 2 aromatic rings. The Morgan fingerprint density at radius 2 is 1.95 bits per heavy atom. The predicted molar refractivity (Wildman–Crippen MR) is 64.5 cm³/mol. The number of fused-ring (bicyclic) bond motifs is 1. The summed E-state index contributed by atoms with van der Waals surface area (Å²) in [6.45, 7) is 0.347. The lowest BCUT2D eigenvalue weighted by atomic mass is 10.2. The van der Waals surface area contributed by atoms with Crippen LogP contribution >= 0.6 is 0 Å². The number of aromatic nitrogens is 1. The van der Waals surface area contributed by atoms with Crippen LogP contribution in [0.3, 0.4) is 0 Å². The van der Waals surface area contributed by atoms with E-state index in [0.29, 0.717) is 6.54 Å². The van der Waals surface area contributed by atoms with Gasteiger partial charge in [0.2, 0.25) is 0 Å². The van der Waals surface area contributed by atoms with E-state index in [9.17, 15) is 13.6 Å². The second-order valence-electron chi connectivity index (χ2n) is 4.21. The van der Waals surface area contributed by atoms with Crippen LogP contribution in [0.1, 0.15) is 0 Å². The van der Waals surface area contributed by atoms with Gasteiger partial charge in [0.05, 0.1) is 17.4 Å². The summed E-state index contributed by atoms with van der Waals surface area (Å²) in [4.78, 5) is 11.7. The van der Waals surface area contributed by atoms with Crippen molar-refractivity contribution in [3.8, 4) is 0 Å². The first-order valence-electron chi connectivity index (χ1n) is 5.64. The molecule has 8 heteroatoms. The average molecular weight is 267 g/mol. The van der Waals surface area contributed by atoms with Crippen molar-refractivity contribution in [2.24, 2.45) is 0 Å². The van der Waals surface area contributed by atoms with Gasteiger partial charge in [0.25, 0.3) is 0 Å². The van der Waals surface area contributed by atoms with Gasteiger partial charge in [-0.2, -0.15) is 11.1 Å². The summed E-state index contributed by atoms with van der Waals surface area (Å²) in [6, 6.07) is 3.10. The minimum Gasteiger partial charge on any atom is -0.342 e. The predicted octanol–water partition coefficient (Wildman–Crippen LogP) is -0.277. The molecule has 4 N–H and O–H groups in total. The van der Waals surface area contributed by atoms with Crippen LogP contribution in [0.25, 0.3) is 10.9 Å². The molecule has 100 valence electrons. The van der Waals surface area contributed by atoms with Gasteiger partial charge in [0.15, 0.2) is 11.2 Å². The molecular weight excluding hydrogens is 256 g/mol. The molecule has 3 rings (SSSR count). The minimum absolute atomic E-state index is 0.0268. The van der Waals surface area contributed by atoms with Crippen LogP contribution < -0.4 is 27.3 Å². The Kier molecular flexibility index (Phi) is 2.99. The van der Waals surface area contributed by atoms with Crippen LogP contribution in [0.2, 0.25) is 0 Å². The molecule has 1 aliphatic heterocycles. The number of nitrogens with zero attached hydrogens (tertiary/aromatic N) is 1. The van der Waals surface area contributed by atoms with E-state index in [1.165, 1.54) is 12.3 Å². The van der Waals surface area contributed by atoms with Crippen LogP contribution in [-0.2, 0) is 6.54 Å². The van der Waals surface area contributed by atoms with Crippen LogP contribution in [0.4, 0.5) is 8.78 Å². The number of halogens is 2. The van der Waals surface area contributed by atoms with Crippen molar-refractivity contribution in [3.63, 3.8) is 0 Å². The van der Waals surface area contributed by atoms with Gasteiger partial charge in [0.1, 0.15) is 12.0 Å². The number of hydrogen-bond acceptors (Lipinski definition) is 5. The van der Waals surface area contributed by atoms with E-state index < -0.39 is 17.1 Å². The zero-order chi connectivity index (χ0) is 13.4. The van der Waals surface area contributed by atoms with Gasteiger partial charge < -0.3 is 4.57 Å². The molecule has 6 nitrogen and oxygen atoms in total. The Morgan fingerprint density at radius 3 is 2.68 bits per heavy atom. The van der Waals surface area contributed by atoms with Gasteiger partial charge in [-0.15, -0.1) is 0 Å². The maximum Gasteiger partial charge on any atom is 0.189 e. The van der Waals surface area contributed by atoms with Crippen molar-refractivity contribution < 1.29 is 8.78 Å². The smallest absolute Gasteiger partial charge is 0.189 e. The Hall–Kier alpha value is -1.87. The van der Waals surface area contributed by atoms with Crippen molar-refractivity contribution in [1.29, 1.82) is 0 Å². The molecule has 0 unspecified atom stereocenters. The fourth-order valence-corrected chi connectivity index (χ4v) is 2.09. The van der Waals surface area contributed by atoms with Gasteiger partial charge in [-0.25, -0.2) is 19.6 Å². The van der Waals surface area contributed by atoms with E-state index in [-0.39, 0.29) is 17.1 Å². The summed E-state index contributed by atoms with van der Waals surface area (Å²) in [6.07, 6.45) is 1.28. The van der Waals surface area contributed by atoms with Crippen LogP contribution in [-0.4, -0.2) is 10.7 Å². The van der Waals surface area contributed by atoms with Crippen molar-refractivity contribution >= 4 is 10.9 Å². The first-order valence-corrected chi connectivity index (χ1v) is 5.64. The number of hydrazine groups is 3. The maximum absolute atomic E-state index is 13.9. The van der Waals surface area contributed by atoms with E-state index in [1.54, 1.807) is 4.57 Å². The van der Waals surface area contributed by atoms with E-state index in [2.05, 4.69) is 21.9 Å². The highest BCUT2D eigenvalue weighted by Crippen LogP contribution is 2.17. The highest BCUT2D eigenvalue weighted by molar-refractivity contribution is 5.79. The number of nitrogens with one attached hydrogen (secondary N) is 4. The lowest BCUT2D eigenvalue weighted by molar-refractivity contribution is 0.453. The molecule has 0 bridgehead atoms. The van der Waals surface area contributed by atoms with E-state index in [4.69, 9.17) is 0 Å². The first-order chi connectivity index (χ1) is 9.15. The second-order valence-corrected chi connectivity index (χ2v) is 4.21. The highest BCUT2D eigenvalue weighted by Gasteiger charge is 2.16. The molecule has 0 amide bonds. The third-order valence-electron chi connectivity index (χ3n) is 2.92. The molecule has 2 heterocycles. The zero-order valence-corrected chi connectivity index (χ0v) is 9.71. The molecule has 1 fully saturated rings. The number of rotatable bonds is 2. The molecule has 0 spiro atoms. The summed E-state index contributed by atoms with van der Waals surface area (Å²) in [5, 5.41) is 0.0268. The summed E-state index contributed by atoms with van der Waals surface area (Å²) >= 11 is 0. The lowest BCUT2D eigenvalue weighted by Gasteiger charge is -2.15. The number of pyridine rings is 1. The van der Waals surface area contributed by atoms with Crippen molar-refractivity contribution in [3.05, 3.63) is 46.3 Å². The highest BCUT2D eigenvalue weighted by atomic mass is 19.1. The fourth-order valence-electron chi connectivity index (χ4n) is 2.09. The van der Waals surface area contributed by atoms with Crippen molar-refractivity contribution in [2.75, 3.05) is 0 Å². The molecule has 0 radical (unpaired) electrons. The van der Waals surface area contributed by atoms with Gasteiger partial charge in [-0.05, 0) is 6.07 Å². The summed E-state index contributed by atoms with van der Waals surface area (Å²) in [7, 11) is 0. The molecule has 1 aliphatic rings. The topological polar surface area (TPSA) is 70.1 Å². The van der Waals surface area contributed by atoms with E-state index in [0.717, 1.165) is 12.1 Å². The van der Waals surface area contributed by atoms with Crippen LogP contribution in [0.5, 0.6) is 0 Å². The van der Waals surface area contributed by atoms with Crippen molar-refractivity contribution in [2.45, 2.75) is 12.7 Å². The number of benzene rings is 1. The standard InChI is InChI=1S/C11H11F2N5O/c12-6-3-7-9(19)1-2-18(11(7)8(13)4-6)5-10-14-16-17-15-10/h1-4,10,14-17H,5H2. The Bertz CT molecular complexity index is 681. The van der Waals surface area contributed by atoms with Gasteiger partial charge >= 0.3 is 0 Å². The summed E-state index contributed by atoms with van der Waals surface area (Å²) < 4.78 is 28.6. The molecule has 0 saturated carbocycles. The third-order valence-corrected chi connectivity index (χ3v) is 2.92. The SMILES string of the molecule is O=c1ccn(CC2NNNN2)c2c(F)cc(F)cc12. The van der Waals surface area contributed by atoms with E-state index >= 15 is 0 Å². The molecule has 19 heavy (non-hydrogen) atoms. The van der Waals surface area contributed by atoms with Gasteiger partial charge in [-0.1, -0.05) is 0 Å². The molecule has 0 atom stereocenters. The summed E-state index contributed by atoms with van der Waals surface area (Å²) in [5.74, 6) is -1.52. The third kappa shape index (κ3) is 2.22. The van der Waals surface area contributed by atoms with Crippen molar-refractivity contribution in [1.82, 2.24) is 26.5 Å². The average Bonchev–Trinajstić information content (AvgIpc) is 2.85. The lowest BCUT2D eigenvalue weighted by Crippen LogP contribution is -2.38. The molecule has 1 aromatic carbocycles. The monoisotopic (exact) mass is 267 g/mol. The molecule has 1 saturated heterocycles. The molecule has 0 aliphatic carbocycles. The van der Waals surface area contributed by atoms with Crippen LogP contribution in [0.15, 0.2) is 29.2 Å². The molecule has 1 aromatic heterocycles. The molecular formula is C11H11F2N5O. The summed E-state index contributed by atoms with van der Waals surface area (Å²) in [5.41, 5.74) is 10.6. The van der Waals surface area contributed by atoms with Gasteiger partial charge in [0, 0.05) is 18.3 Å². The van der Waals surface area contributed by atoms with E-state index in [1.807, 2.05) is 0 Å². The minimum atomic E-state index is -0.764. The Balaban J connectivity index is 2.14. The Labute approximate surface area is 106 Å². The Morgan fingerprint density at radius 1 is 1.21 bits per heavy atom. The second kappa shape index (κ2) is 4.67.